The fraction of sp³-hybridized carbons (Fsp3) is 0.571. The van der Waals surface area contributed by atoms with Crippen molar-refractivity contribution in [2.75, 3.05) is 13.2 Å². The first kappa shape index (κ1) is 14.1. The van der Waals surface area contributed by atoms with E-state index in [0.29, 0.717) is 13.0 Å². The highest BCUT2D eigenvalue weighted by molar-refractivity contribution is 5.17. The molecular formula is C14H22FNO. The van der Waals surface area contributed by atoms with Gasteiger partial charge in [0.15, 0.2) is 0 Å². The SMILES string of the molecule is CCCCOCCC(N)Cc1cccc(F)c1. The summed E-state index contributed by atoms with van der Waals surface area (Å²) in [6, 6.07) is 6.65. The van der Waals surface area contributed by atoms with Crippen molar-refractivity contribution in [3.8, 4) is 0 Å². The van der Waals surface area contributed by atoms with Crippen LogP contribution in [0.1, 0.15) is 31.7 Å². The number of hydrogen-bond donors (Lipinski definition) is 1. The van der Waals surface area contributed by atoms with Crippen LogP contribution in [0.15, 0.2) is 24.3 Å². The highest BCUT2D eigenvalue weighted by Crippen LogP contribution is 2.07. The minimum absolute atomic E-state index is 0.0402. The summed E-state index contributed by atoms with van der Waals surface area (Å²) in [5.41, 5.74) is 6.92. The van der Waals surface area contributed by atoms with Gasteiger partial charge in [0, 0.05) is 19.3 Å². The Balaban J connectivity index is 2.18. The Labute approximate surface area is 103 Å². The summed E-state index contributed by atoms with van der Waals surface area (Å²) in [6.45, 7) is 3.64. The van der Waals surface area contributed by atoms with Crippen LogP contribution in [-0.2, 0) is 11.2 Å². The van der Waals surface area contributed by atoms with E-state index >= 15 is 0 Å². The molecule has 1 rings (SSSR count). The molecule has 0 fully saturated rings. The maximum atomic E-state index is 12.9. The largest absolute Gasteiger partial charge is 0.381 e. The molecule has 0 aliphatic heterocycles. The van der Waals surface area contributed by atoms with Crippen LogP contribution in [0.2, 0.25) is 0 Å². The summed E-state index contributed by atoms with van der Waals surface area (Å²) < 4.78 is 18.4. The third kappa shape index (κ3) is 6.39. The van der Waals surface area contributed by atoms with Gasteiger partial charge in [-0.1, -0.05) is 25.5 Å². The summed E-state index contributed by atoms with van der Waals surface area (Å²) in [7, 11) is 0. The quantitative estimate of drug-likeness (QED) is 0.708. The first-order valence-electron chi connectivity index (χ1n) is 6.30. The minimum Gasteiger partial charge on any atom is -0.381 e. The Morgan fingerprint density at radius 3 is 2.88 bits per heavy atom. The summed E-state index contributed by atoms with van der Waals surface area (Å²) >= 11 is 0. The lowest BCUT2D eigenvalue weighted by Gasteiger charge is -2.11. The molecule has 17 heavy (non-hydrogen) atoms. The number of rotatable bonds is 8. The van der Waals surface area contributed by atoms with E-state index in [1.54, 1.807) is 6.07 Å². The lowest BCUT2D eigenvalue weighted by molar-refractivity contribution is 0.124. The Bertz CT molecular complexity index is 317. The second kappa shape index (κ2) is 8.20. The molecule has 0 aromatic heterocycles. The second-order valence-corrected chi connectivity index (χ2v) is 4.35. The van der Waals surface area contributed by atoms with E-state index in [2.05, 4.69) is 6.92 Å². The first-order valence-corrected chi connectivity index (χ1v) is 6.30. The molecule has 0 radical (unpaired) electrons. The summed E-state index contributed by atoms with van der Waals surface area (Å²) in [6.07, 6.45) is 3.77. The predicted octanol–water partition coefficient (Wildman–Crippen LogP) is 2.90. The molecule has 1 atom stereocenters. The molecule has 0 aliphatic carbocycles. The van der Waals surface area contributed by atoms with E-state index in [4.69, 9.17) is 10.5 Å². The highest BCUT2D eigenvalue weighted by atomic mass is 19.1. The van der Waals surface area contributed by atoms with Crippen LogP contribution in [0, 0.1) is 5.82 Å². The molecule has 3 heteroatoms. The maximum Gasteiger partial charge on any atom is 0.123 e. The van der Waals surface area contributed by atoms with Gasteiger partial charge >= 0.3 is 0 Å². The molecule has 1 aromatic carbocycles. The van der Waals surface area contributed by atoms with Crippen molar-refractivity contribution in [1.82, 2.24) is 0 Å². The molecule has 0 saturated heterocycles. The van der Waals surface area contributed by atoms with Gasteiger partial charge < -0.3 is 10.5 Å². The van der Waals surface area contributed by atoms with Gasteiger partial charge in [0.1, 0.15) is 5.82 Å². The Morgan fingerprint density at radius 1 is 1.35 bits per heavy atom. The summed E-state index contributed by atoms with van der Waals surface area (Å²) in [5.74, 6) is -0.200. The maximum absolute atomic E-state index is 12.9. The number of halogens is 1. The molecule has 0 amide bonds. The van der Waals surface area contributed by atoms with Gasteiger partial charge in [-0.3, -0.25) is 0 Å². The Morgan fingerprint density at radius 2 is 2.18 bits per heavy atom. The molecule has 0 bridgehead atoms. The molecule has 1 aromatic rings. The van der Waals surface area contributed by atoms with Gasteiger partial charge in [-0.2, -0.15) is 0 Å². The minimum atomic E-state index is -0.200. The first-order chi connectivity index (χ1) is 8.22. The van der Waals surface area contributed by atoms with Crippen molar-refractivity contribution in [2.45, 2.75) is 38.6 Å². The van der Waals surface area contributed by atoms with Crippen molar-refractivity contribution in [3.05, 3.63) is 35.6 Å². The lowest BCUT2D eigenvalue weighted by atomic mass is 10.0. The average molecular weight is 239 g/mol. The van der Waals surface area contributed by atoms with E-state index in [1.807, 2.05) is 6.07 Å². The Kier molecular flexibility index (Phi) is 6.82. The summed E-state index contributed by atoms with van der Waals surface area (Å²) in [5, 5.41) is 0. The number of unbranched alkanes of at least 4 members (excludes halogenated alkanes) is 1. The highest BCUT2D eigenvalue weighted by Gasteiger charge is 2.04. The standard InChI is InChI=1S/C14H22FNO/c1-2-3-8-17-9-7-14(16)11-12-5-4-6-13(15)10-12/h4-6,10,14H,2-3,7-9,11,16H2,1H3. The van der Waals surface area contributed by atoms with E-state index in [9.17, 15) is 4.39 Å². The molecular weight excluding hydrogens is 217 g/mol. The number of hydrogen-bond acceptors (Lipinski definition) is 2. The molecule has 1 unspecified atom stereocenters. The van der Waals surface area contributed by atoms with Crippen molar-refractivity contribution in [1.29, 1.82) is 0 Å². The summed E-state index contributed by atoms with van der Waals surface area (Å²) in [4.78, 5) is 0. The monoisotopic (exact) mass is 239 g/mol. The third-order valence-corrected chi connectivity index (χ3v) is 2.66. The van der Waals surface area contributed by atoms with Gasteiger partial charge in [-0.05, 0) is 37.0 Å². The van der Waals surface area contributed by atoms with Gasteiger partial charge in [0.2, 0.25) is 0 Å². The van der Waals surface area contributed by atoms with E-state index in [-0.39, 0.29) is 11.9 Å². The van der Waals surface area contributed by atoms with Crippen LogP contribution in [0.5, 0.6) is 0 Å². The van der Waals surface area contributed by atoms with Crippen molar-refractivity contribution in [2.24, 2.45) is 5.73 Å². The molecule has 0 heterocycles. The number of nitrogens with two attached hydrogens (primary N) is 1. The van der Waals surface area contributed by atoms with Crippen LogP contribution in [0.25, 0.3) is 0 Å². The average Bonchev–Trinajstić information content (AvgIpc) is 2.29. The van der Waals surface area contributed by atoms with Gasteiger partial charge in [0.25, 0.3) is 0 Å². The number of benzene rings is 1. The van der Waals surface area contributed by atoms with Crippen LogP contribution < -0.4 is 5.73 Å². The van der Waals surface area contributed by atoms with Gasteiger partial charge in [-0.25, -0.2) is 4.39 Å². The second-order valence-electron chi connectivity index (χ2n) is 4.35. The molecule has 96 valence electrons. The molecule has 0 spiro atoms. The molecule has 0 saturated carbocycles. The van der Waals surface area contributed by atoms with E-state index < -0.39 is 0 Å². The third-order valence-electron chi connectivity index (χ3n) is 2.66. The lowest BCUT2D eigenvalue weighted by Crippen LogP contribution is -2.24. The topological polar surface area (TPSA) is 35.2 Å². The molecule has 2 N–H and O–H groups in total. The van der Waals surface area contributed by atoms with E-state index in [1.165, 1.54) is 12.1 Å². The predicted molar refractivity (Wildman–Crippen MR) is 68.4 cm³/mol. The van der Waals surface area contributed by atoms with Crippen molar-refractivity contribution >= 4 is 0 Å². The van der Waals surface area contributed by atoms with Crippen LogP contribution >= 0.6 is 0 Å². The molecule has 2 nitrogen and oxygen atoms in total. The zero-order valence-corrected chi connectivity index (χ0v) is 10.5. The normalized spacial score (nSPS) is 12.6. The van der Waals surface area contributed by atoms with Crippen molar-refractivity contribution in [3.63, 3.8) is 0 Å². The zero-order chi connectivity index (χ0) is 12.5. The van der Waals surface area contributed by atoms with Crippen molar-refractivity contribution < 1.29 is 9.13 Å². The van der Waals surface area contributed by atoms with Crippen LogP contribution in [-0.4, -0.2) is 19.3 Å². The fourth-order valence-corrected chi connectivity index (χ4v) is 1.65. The Hall–Kier alpha value is -0.930. The smallest absolute Gasteiger partial charge is 0.123 e. The molecule has 0 aliphatic rings. The van der Waals surface area contributed by atoms with Gasteiger partial charge in [-0.15, -0.1) is 0 Å². The fourth-order valence-electron chi connectivity index (χ4n) is 1.65. The van der Waals surface area contributed by atoms with Crippen LogP contribution in [0.3, 0.4) is 0 Å². The van der Waals surface area contributed by atoms with E-state index in [0.717, 1.165) is 31.4 Å². The van der Waals surface area contributed by atoms with Gasteiger partial charge in [0.05, 0.1) is 0 Å². The zero-order valence-electron chi connectivity index (χ0n) is 10.5. The van der Waals surface area contributed by atoms with Crippen LogP contribution in [0.4, 0.5) is 4.39 Å². The number of ether oxygens (including phenoxy) is 1.